The van der Waals surface area contributed by atoms with Crippen LogP contribution in [0.15, 0.2) is 0 Å². The van der Waals surface area contributed by atoms with Crippen molar-refractivity contribution in [2.24, 2.45) is 17.1 Å². The van der Waals surface area contributed by atoms with E-state index in [1.165, 1.54) is 0 Å². The van der Waals surface area contributed by atoms with E-state index >= 15 is 0 Å². The highest BCUT2D eigenvalue weighted by Gasteiger charge is 2.34. The molecular formula is C14H30N2O2. The summed E-state index contributed by atoms with van der Waals surface area (Å²) in [5, 5.41) is 9.63. The van der Waals surface area contributed by atoms with Crippen molar-refractivity contribution in [3.8, 4) is 0 Å². The summed E-state index contributed by atoms with van der Waals surface area (Å²) >= 11 is 0. The van der Waals surface area contributed by atoms with Gasteiger partial charge in [-0.2, -0.15) is 0 Å². The molecule has 2 atom stereocenters. The first-order valence-corrected chi connectivity index (χ1v) is 6.99. The van der Waals surface area contributed by atoms with Gasteiger partial charge in [-0.15, -0.1) is 0 Å². The van der Waals surface area contributed by atoms with Gasteiger partial charge in [0.1, 0.15) is 0 Å². The molecule has 0 spiro atoms. The van der Waals surface area contributed by atoms with Crippen molar-refractivity contribution in [2.45, 2.75) is 45.7 Å². The van der Waals surface area contributed by atoms with Crippen molar-refractivity contribution in [3.63, 3.8) is 0 Å². The van der Waals surface area contributed by atoms with Crippen LogP contribution in [0.2, 0.25) is 0 Å². The van der Waals surface area contributed by atoms with Crippen molar-refractivity contribution in [3.05, 3.63) is 0 Å². The van der Waals surface area contributed by atoms with Gasteiger partial charge in [0.15, 0.2) is 0 Å². The first-order chi connectivity index (χ1) is 8.40. The summed E-state index contributed by atoms with van der Waals surface area (Å²) in [5.41, 5.74) is 6.33. The number of ether oxygens (including phenoxy) is 1. The van der Waals surface area contributed by atoms with E-state index in [1.807, 2.05) is 0 Å². The first-order valence-electron chi connectivity index (χ1n) is 6.99. The maximum Gasteiger partial charge on any atom is 0.0602 e. The molecule has 1 fully saturated rings. The Balaban J connectivity index is 2.53. The van der Waals surface area contributed by atoms with Gasteiger partial charge in [0, 0.05) is 25.8 Å². The zero-order chi connectivity index (χ0) is 13.8. The minimum absolute atomic E-state index is 0.00137. The van der Waals surface area contributed by atoms with Crippen LogP contribution in [-0.4, -0.2) is 55.5 Å². The van der Waals surface area contributed by atoms with Crippen LogP contribution in [0.5, 0.6) is 0 Å². The molecule has 0 aromatic carbocycles. The molecule has 0 aromatic rings. The van der Waals surface area contributed by atoms with E-state index in [0.29, 0.717) is 5.92 Å². The number of rotatable bonds is 5. The number of hydrogen-bond donors (Lipinski definition) is 2. The standard InChI is InChI=1S/C14H30N2O2/c1-14(2,3)13(15)12(9-17)16-7-5-11(6-8-16)10-18-4/h11-13,17H,5-10,15H2,1-4H3. The summed E-state index contributed by atoms with van der Waals surface area (Å²) in [6.07, 6.45) is 2.28. The Morgan fingerprint density at radius 2 is 1.89 bits per heavy atom. The largest absolute Gasteiger partial charge is 0.395 e. The summed E-state index contributed by atoms with van der Waals surface area (Å²) in [6, 6.07) is 0.0787. The highest BCUT2D eigenvalue weighted by Crippen LogP contribution is 2.26. The van der Waals surface area contributed by atoms with Crippen molar-refractivity contribution in [1.29, 1.82) is 0 Å². The predicted molar refractivity (Wildman–Crippen MR) is 74.5 cm³/mol. The van der Waals surface area contributed by atoms with Crippen LogP contribution in [0.25, 0.3) is 0 Å². The average molecular weight is 258 g/mol. The van der Waals surface area contributed by atoms with Crippen LogP contribution in [0.4, 0.5) is 0 Å². The van der Waals surface area contributed by atoms with Gasteiger partial charge in [0.05, 0.1) is 6.61 Å². The Hall–Kier alpha value is -0.160. The average Bonchev–Trinajstić information content (AvgIpc) is 2.31. The maximum atomic E-state index is 9.63. The molecule has 18 heavy (non-hydrogen) atoms. The lowest BCUT2D eigenvalue weighted by Crippen LogP contribution is -2.57. The number of likely N-dealkylation sites (tertiary alicyclic amines) is 1. The van der Waals surface area contributed by atoms with Gasteiger partial charge >= 0.3 is 0 Å². The van der Waals surface area contributed by atoms with Gasteiger partial charge < -0.3 is 15.6 Å². The van der Waals surface area contributed by atoms with Crippen LogP contribution >= 0.6 is 0 Å². The second-order valence-electron chi connectivity index (χ2n) is 6.58. The number of aliphatic hydroxyl groups is 1. The molecule has 0 bridgehead atoms. The minimum atomic E-state index is 0.00137. The maximum absolute atomic E-state index is 9.63. The number of aliphatic hydroxyl groups excluding tert-OH is 1. The molecule has 0 saturated carbocycles. The Kier molecular flexibility index (Phi) is 6.05. The Morgan fingerprint density at radius 3 is 2.28 bits per heavy atom. The van der Waals surface area contributed by atoms with Crippen LogP contribution in [0.3, 0.4) is 0 Å². The molecule has 108 valence electrons. The smallest absolute Gasteiger partial charge is 0.0602 e. The van der Waals surface area contributed by atoms with Gasteiger partial charge in [-0.1, -0.05) is 20.8 Å². The third kappa shape index (κ3) is 4.19. The lowest BCUT2D eigenvalue weighted by atomic mass is 9.81. The Bertz CT molecular complexity index is 232. The molecule has 1 aliphatic rings. The molecule has 1 aliphatic heterocycles. The molecule has 1 heterocycles. The van der Waals surface area contributed by atoms with Gasteiger partial charge in [-0.25, -0.2) is 0 Å². The predicted octanol–water partition coefficient (Wildman–Crippen LogP) is 1.08. The molecular weight excluding hydrogens is 228 g/mol. The van der Waals surface area contributed by atoms with Crippen LogP contribution in [-0.2, 0) is 4.74 Å². The van der Waals surface area contributed by atoms with E-state index in [0.717, 1.165) is 32.5 Å². The van der Waals surface area contributed by atoms with Crippen molar-refractivity contribution in [2.75, 3.05) is 33.4 Å². The third-order valence-corrected chi connectivity index (χ3v) is 4.12. The van der Waals surface area contributed by atoms with Crippen molar-refractivity contribution in [1.82, 2.24) is 4.90 Å². The van der Waals surface area contributed by atoms with Gasteiger partial charge in [0.2, 0.25) is 0 Å². The van der Waals surface area contributed by atoms with Crippen LogP contribution in [0, 0.1) is 11.3 Å². The molecule has 4 nitrogen and oxygen atoms in total. The van der Waals surface area contributed by atoms with Gasteiger partial charge in [-0.3, -0.25) is 4.90 Å². The molecule has 1 saturated heterocycles. The monoisotopic (exact) mass is 258 g/mol. The number of hydrogen-bond acceptors (Lipinski definition) is 4. The molecule has 0 aromatic heterocycles. The highest BCUT2D eigenvalue weighted by molar-refractivity contribution is 4.91. The van der Waals surface area contributed by atoms with Crippen LogP contribution in [0.1, 0.15) is 33.6 Å². The second kappa shape index (κ2) is 6.85. The van der Waals surface area contributed by atoms with Gasteiger partial charge in [0.25, 0.3) is 0 Å². The molecule has 1 rings (SSSR count). The zero-order valence-electron chi connectivity index (χ0n) is 12.4. The highest BCUT2D eigenvalue weighted by atomic mass is 16.5. The minimum Gasteiger partial charge on any atom is -0.395 e. The van der Waals surface area contributed by atoms with Crippen molar-refractivity contribution < 1.29 is 9.84 Å². The van der Waals surface area contributed by atoms with Crippen LogP contribution < -0.4 is 5.73 Å². The van der Waals surface area contributed by atoms with E-state index in [-0.39, 0.29) is 24.1 Å². The number of methoxy groups -OCH3 is 1. The summed E-state index contributed by atoms with van der Waals surface area (Å²) in [4.78, 5) is 2.35. The molecule has 4 heteroatoms. The van der Waals surface area contributed by atoms with E-state index in [9.17, 15) is 5.11 Å². The summed E-state index contributed by atoms with van der Waals surface area (Å²) < 4.78 is 5.21. The number of nitrogens with two attached hydrogens (primary N) is 1. The number of piperidine rings is 1. The Labute approximate surface area is 111 Å². The summed E-state index contributed by atoms with van der Waals surface area (Å²) in [5.74, 6) is 0.663. The molecule has 2 unspecified atom stereocenters. The second-order valence-corrected chi connectivity index (χ2v) is 6.58. The molecule has 0 aliphatic carbocycles. The lowest BCUT2D eigenvalue weighted by Gasteiger charge is -2.43. The fourth-order valence-corrected chi connectivity index (χ4v) is 2.72. The SMILES string of the molecule is COCC1CCN(C(CO)C(N)C(C)(C)C)CC1. The lowest BCUT2D eigenvalue weighted by molar-refractivity contribution is 0.0312. The van der Waals surface area contributed by atoms with Gasteiger partial charge in [-0.05, 0) is 37.3 Å². The molecule has 3 N–H and O–H groups in total. The fourth-order valence-electron chi connectivity index (χ4n) is 2.72. The van der Waals surface area contributed by atoms with E-state index in [2.05, 4.69) is 25.7 Å². The third-order valence-electron chi connectivity index (χ3n) is 4.12. The van der Waals surface area contributed by atoms with E-state index in [4.69, 9.17) is 10.5 Å². The quantitative estimate of drug-likeness (QED) is 0.775. The normalized spacial score (nSPS) is 23.0. The number of nitrogens with zero attached hydrogens (tertiary/aromatic N) is 1. The summed E-state index contributed by atoms with van der Waals surface area (Å²) in [6.45, 7) is 9.44. The fraction of sp³-hybridized carbons (Fsp3) is 1.00. The topological polar surface area (TPSA) is 58.7 Å². The zero-order valence-corrected chi connectivity index (χ0v) is 12.4. The van der Waals surface area contributed by atoms with E-state index in [1.54, 1.807) is 7.11 Å². The molecule has 0 amide bonds. The first kappa shape index (κ1) is 15.9. The summed E-state index contributed by atoms with van der Waals surface area (Å²) in [7, 11) is 1.76. The molecule has 0 radical (unpaired) electrons. The van der Waals surface area contributed by atoms with Crippen molar-refractivity contribution >= 4 is 0 Å². The Morgan fingerprint density at radius 1 is 1.33 bits per heavy atom. The van der Waals surface area contributed by atoms with E-state index < -0.39 is 0 Å².